The van der Waals surface area contributed by atoms with E-state index in [1.165, 1.54) is 6.08 Å². The predicted octanol–water partition coefficient (Wildman–Crippen LogP) is 3.17. The van der Waals surface area contributed by atoms with Gasteiger partial charge in [0, 0.05) is 12.7 Å². The van der Waals surface area contributed by atoms with Gasteiger partial charge < -0.3 is 4.74 Å². The summed E-state index contributed by atoms with van der Waals surface area (Å²) in [6.45, 7) is 9.30. The van der Waals surface area contributed by atoms with Gasteiger partial charge in [0.15, 0.2) is 0 Å². The summed E-state index contributed by atoms with van der Waals surface area (Å²) in [6, 6.07) is 0. The Morgan fingerprint density at radius 2 is 1.94 bits per heavy atom. The zero-order valence-corrected chi connectivity index (χ0v) is 10.9. The van der Waals surface area contributed by atoms with Crippen LogP contribution in [-0.4, -0.2) is 17.6 Å². The average molecular weight is 227 g/mol. The molecule has 0 aliphatic carbocycles. The Morgan fingerprint density at radius 3 is 2.19 bits per heavy atom. The summed E-state index contributed by atoms with van der Waals surface area (Å²) in [6.07, 6.45) is 3.34. The second kappa shape index (κ2) is 5.80. The third-order valence-electron chi connectivity index (χ3n) is 2.42. The molecule has 0 saturated carbocycles. The minimum Gasteiger partial charge on any atom is -0.375 e. The lowest BCUT2D eigenvalue weighted by molar-refractivity contribution is -0.421. The van der Waals surface area contributed by atoms with Crippen LogP contribution in [0.5, 0.6) is 0 Å². The topological polar surface area (TPSA) is 52.4 Å². The van der Waals surface area contributed by atoms with Gasteiger partial charge in [-0.25, -0.2) is 0 Å². The van der Waals surface area contributed by atoms with Crippen molar-refractivity contribution in [2.45, 2.75) is 40.2 Å². The van der Waals surface area contributed by atoms with Crippen LogP contribution in [0.1, 0.15) is 34.6 Å². The van der Waals surface area contributed by atoms with Gasteiger partial charge in [0.2, 0.25) is 0 Å². The Kier molecular flexibility index (Phi) is 5.38. The zero-order chi connectivity index (χ0) is 12.9. The van der Waals surface area contributed by atoms with Gasteiger partial charge in [-0.15, -0.1) is 0 Å². The van der Waals surface area contributed by atoms with Crippen LogP contribution < -0.4 is 0 Å². The molecule has 0 fully saturated rings. The fraction of sp³-hybridized carbons (Fsp3) is 0.667. The van der Waals surface area contributed by atoms with Crippen LogP contribution in [0.4, 0.5) is 0 Å². The minimum atomic E-state index is -0.496. The molecule has 4 heteroatoms. The molecule has 0 aliphatic heterocycles. The molecule has 0 spiro atoms. The third kappa shape index (κ3) is 4.14. The molecule has 0 atom stereocenters. The van der Waals surface area contributed by atoms with Crippen LogP contribution in [0.25, 0.3) is 0 Å². The molecule has 0 aromatic rings. The molecule has 92 valence electrons. The summed E-state index contributed by atoms with van der Waals surface area (Å²) in [5, 5.41) is 10.9. The van der Waals surface area contributed by atoms with Gasteiger partial charge in [0.25, 0.3) is 5.70 Å². The monoisotopic (exact) mass is 227 g/mol. The van der Waals surface area contributed by atoms with Crippen LogP contribution >= 0.6 is 0 Å². The van der Waals surface area contributed by atoms with Crippen LogP contribution in [0.15, 0.2) is 23.4 Å². The Balaban J connectivity index is 5.41. The molecule has 0 N–H and O–H groups in total. The van der Waals surface area contributed by atoms with E-state index in [1.54, 1.807) is 14.0 Å². The molecule has 0 heterocycles. The van der Waals surface area contributed by atoms with E-state index in [1.807, 2.05) is 33.8 Å². The number of hydrogen-bond donors (Lipinski definition) is 0. The highest BCUT2D eigenvalue weighted by Gasteiger charge is 2.23. The molecule has 0 saturated heterocycles. The number of hydrogen-bond acceptors (Lipinski definition) is 3. The highest BCUT2D eigenvalue weighted by atomic mass is 16.6. The van der Waals surface area contributed by atoms with Crippen molar-refractivity contribution in [3.05, 3.63) is 33.5 Å². The minimum absolute atomic E-state index is 0.0889. The standard InChI is InChI=1S/C12H21NO3/c1-7-11(13(14)15)10(9(2)3)8-12(4,5)16-6/h7-9H,1-6H3/b10-8-,11-7+. The van der Waals surface area contributed by atoms with E-state index in [0.717, 1.165) is 0 Å². The van der Waals surface area contributed by atoms with Crippen molar-refractivity contribution in [1.29, 1.82) is 0 Å². The maximum Gasteiger partial charge on any atom is 0.268 e. The molecule has 0 rings (SSSR count). The summed E-state index contributed by atoms with van der Waals surface area (Å²) < 4.78 is 5.27. The first-order valence-corrected chi connectivity index (χ1v) is 5.34. The number of methoxy groups -OCH3 is 1. The van der Waals surface area contributed by atoms with Crippen molar-refractivity contribution in [2.24, 2.45) is 5.92 Å². The van der Waals surface area contributed by atoms with E-state index in [0.29, 0.717) is 5.57 Å². The number of nitro groups is 1. The fourth-order valence-electron chi connectivity index (χ4n) is 1.35. The number of rotatable bonds is 5. The molecule has 16 heavy (non-hydrogen) atoms. The molecule has 0 bridgehead atoms. The zero-order valence-electron chi connectivity index (χ0n) is 10.9. The van der Waals surface area contributed by atoms with Gasteiger partial charge >= 0.3 is 0 Å². The van der Waals surface area contributed by atoms with E-state index in [4.69, 9.17) is 4.74 Å². The molecule has 0 aromatic carbocycles. The van der Waals surface area contributed by atoms with Gasteiger partial charge in [0.1, 0.15) is 0 Å². The molecule has 0 amide bonds. The Morgan fingerprint density at radius 1 is 1.44 bits per heavy atom. The second-order valence-electron chi connectivity index (χ2n) is 4.49. The first-order valence-electron chi connectivity index (χ1n) is 5.34. The van der Waals surface area contributed by atoms with Gasteiger partial charge in [-0.1, -0.05) is 13.8 Å². The van der Waals surface area contributed by atoms with E-state index in [-0.39, 0.29) is 16.5 Å². The van der Waals surface area contributed by atoms with Gasteiger partial charge in [-0.3, -0.25) is 10.1 Å². The quantitative estimate of drug-likeness (QED) is 0.412. The largest absolute Gasteiger partial charge is 0.375 e. The number of nitrogens with zero attached hydrogens (tertiary/aromatic N) is 1. The molecule has 0 unspecified atom stereocenters. The van der Waals surface area contributed by atoms with Crippen LogP contribution in [0.3, 0.4) is 0 Å². The van der Waals surface area contributed by atoms with Gasteiger partial charge in [0.05, 0.1) is 10.5 Å². The molecule has 0 radical (unpaired) electrons. The van der Waals surface area contributed by atoms with Crippen LogP contribution in [-0.2, 0) is 4.74 Å². The van der Waals surface area contributed by atoms with Crippen molar-refractivity contribution in [1.82, 2.24) is 0 Å². The maximum absolute atomic E-state index is 10.9. The van der Waals surface area contributed by atoms with Crippen molar-refractivity contribution >= 4 is 0 Å². The van der Waals surface area contributed by atoms with Crippen molar-refractivity contribution in [3.63, 3.8) is 0 Å². The highest BCUT2D eigenvalue weighted by Crippen LogP contribution is 2.24. The lowest BCUT2D eigenvalue weighted by Gasteiger charge is -2.21. The lowest BCUT2D eigenvalue weighted by Crippen LogP contribution is -2.21. The van der Waals surface area contributed by atoms with Crippen LogP contribution in [0.2, 0.25) is 0 Å². The lowest BCUT2D eigenvalue weighted by atomic mass is 9.94. The Hall–Kier alpha value is -1.16. The van der Waals surface area contributed by atoms with Crippen molar-refractivity contribution in [3.8, 4) is 0 Å². The van der Waals surface area contributed by atoms with Crippen molar-refractivity contribution < 1.29 is 9.66 Å². The first-order chi connectivity index (χ1) is 7.25. The Bertz CT molecular complexity index is 314. The number of allylic oxidation sites excluding steroid dienone is 2. The van der Waals surface area contributed by atoms with Gasteiger partial charge in [-0.2, -0.15) is 0 Å². The maximum atomic E-state index is 10.9. The normalized spacial score (nSPS) is 14.4. The molecular weight excluding hydrogens is 206 g/mol. The van der Waals surface area contributed by atoms with E-state index in [9.17, 15) is 10.1 Å². The van der Waals surface area contributed by atoms with Crippen molar-refractivity contribution in [2.75, 3.05) is 7.11 Å². The van der Waals surface area contributed by atoms with E-state index < -0.39 is 5.60 Å². The molecule has 0 aromatic heterocycles. The number of ether oxygens (including phenoxy) is 1. The fourth-order valence-corrected chi connectivity index (χ4v) is 1.35. The summed E-state index contributed by atoms with van der Waals surface area (Å²) in [5.41, 5.74) is 0.364. The van der Waals surface area contributed by atoms with Crippen LogP contribution in [0, 0.1) is 16.0 Å². The highest BCUT2D eigenvalue weighted by molar-refractivity contribution is 5.28. The average Bonchev–Trinajstić information content (AvgIpc) is 2.16. The summed E-state index contributed by atoms with van der Waals surface area (Å²) >= 11 is 0. The summed E-state index contributed by atoms with van der Waals surface area (Å²) in [4.78, 5) is 10.6. The molecular formula is C12H21NO3. The van der Waals surface area contributed by atoms with Gasteiger partial charge in [-0.05, 0) is 38.8 Å². The summed E-state index contributed by atoms with van der Waals surface area (Å²) in [7, 11) is 1.59. The third-order valence-corrected chi connectivity index (χ3v) is 2.42. The second-order valence-corrected chi connectivity index (χ2v) is 4.49. The molecule has 0 aliphatic rings. The Labute approximate surface area is 97.1 Å². The SMILES string of the molecule is C/C=C(\C(=C/C(C)(C)OC)C(C)C)[N+](=O)[O-]. The molecule has 4 nitrogen and oxygen atoms in total. The van der Waals surface area contributed by atoms with E-state index >= 15 is 0 Å². The predicted molar refractivity (Wildman–Crippen MR) is 64.8 cm³/mol. The summed E-state index contributed by atoms with van der Waals surface area (Å²) in [5.74, 6) is 0.0889. The first kappa shape index (κ1) is 14.8. The smallest absolute Gasteiger partial charge is 0.268 e. The van der Waals surface area contributed by atoms with E-state index in [2.05, 4.69) is 0 Å².